The first-order chi connectivity index (χ1) is 17.8. The summed E-state index contributed by atoms with van der Waals surface area (Å²) >= 11 is 6.31. The highest BCUT2D eigenvalue weighted by molar-refractivity contribution is 6.29. The minimum absolute atomic E-state index is 0.191. The number of benzene rings is 2. The van der Waals surface area contributed by atoms with E-state index < -0.39 is 12.1 Å². The first kappa shape index (κ1) is 26.1. The molecule has 0 aliphatic carbocycles. The Hall–Kier alpha value is -4.02. The Morgan fingerprint density at radius 1 is 1.14 bits per heavy atom. The van der Waals surface area contributed by atoms with Crippen LogP contribution in [0.4, 0.5) is 17.2 Å². The zero-order chi connectivity index (χ0) is 26.5. The molecule has 4 aromatic rings. The summed E-state index contributed by atoms with van der Waals surface area (Å²) in [6.07, 6.45) is 0.902. The van der Waals surface area contributed by atoms with E-state index in [9.17, 15) is 4.79 Å². The number of hydrogen-bond donors (Lipinski definition) is 1. The number of anilines is 3. The van der Waals surface area contributed by atoms with Crippen molar-refractivity contribution in [1.82, 2.24) is 14.6 Å². The first-order valence-corrected chi connectivity index (χ1v) is 11.8. The van der Waals surface area contributed by atoms with Crippen molar-refractivity contribution in [2.45, 2.75) is 19.6 Å². The van der Waals surface area contributed by atoms with Gasteiger partial charge in [0.15, 0.2) is 5.65 Å². The van der Waals surface area contributed by atoms with Crippen LogP contribution in [0.2, 0.25) is 5.15 Å². The average Bonchev–Trinajstić information content (AvgIpc) is 3.32. The number of halogens is 1. The van der Waals surface area contributed by atoms with Crippen LogP contribution in [0.25, 0.3) is 5.65 Å². The summed E-state index contributed by atoms with van der Waals surface area (Å²) in [6.45, 7) is 2.25. The van der Waals surface area contributed by atoms with Gasteiger partial charge in [0, 0.05) is 18.8 Å². The highest BCUT2D eigenvalue weighted by Gasteiger charge is 2.22. The molecule has 2 N–H and O–H groups in total. The second-order valence-corrected chi connectivity index (χ2v) is 8.68. The van der Waals surface area contributed by atoms with Gasteiger partial charge in [-0.1, -0.05) is 17.7 Å². The lowest BCUT2D eigenvalue weighted by Gasteiger charge is -2.20. The van der Waals surface area contributed by atoms with Gasteiger partial charge in [0.25, 0.3) is 0 Å². The van der Waals surface area contributed by atoms with E-state index in [0.717, 1.165) is 17.0 Å². The van der Waals surface area contributed by atoms with Crippen molar-refractivity contribution >= 4 is 40.4 Å². The monoisotopic (exact) mass is 525 g/mol. The number of carbonyl (C=O) groups excluding carboxylic acids is 1. The van der Waals surface area contributed by atoms with Gasteiger partial charge < -0.3 is 29.6 Å². The second-order valence-electron chi connectivity index (χ2n) is 8.30. The fourth-order valence-corrected chi connectivity index (χ4v) is 3.91. The van der Waals surface area contributed by atoms with Gasteiger partial charge in [0.05, 0.1) is 39.3 Å². The Morgan fingerprint density at radius 2 is 1.89 bits per heavy atom. The summed E-state index contributed by atoms with van der Waals surface area (Å²) < 4.78 is 23.2. The fraction of sp³-hybridized carbons (Fsp3) is 0.269. The molecule has 194 valence electrons. The molecule has 0 saturated carbocycles. The standard InChI is InChI=1S/C26H28ClN5O5/c1-16(14-36-15-17-5-10-22(35-4)21(28)11-17)37-26(33)20-13-29-32-24(12-23(27)30-25(20)32)31(2)18-6-8-19(34-3)9-7-18/h5-13,16H,14-15,28H2,1-4H3/t16-/m1/s1. The molecule has 0 aliphatic heterocycles. The summed E-state index contributed by atoms with van der Waals surface area (Å²) in [5.41, 5.74) is 8.69. The second kappa shape index (κ2) is 11.4. The van der Waals surface area contributed by atoms with Gasteiger partial charge in [0.2, 0.25) is 0 Å². The van der Waals surface area contributed by atoms with Crippen LogP contribution >= 0.6 is 11.6 Å². The van der Waals surface area contributed by atoms with Crippen LogP contribution in [-0.2, 0) is 16.1 Å². The van der Waals surface area contributed by atoms with Crippen molar-refractivity contribution in [1.29, 1.82) is 0 Å². The summed E-state index contributed by atoms with van der Waals surface area (Å²) in [4.78, 5) is 19.1. The lowest BCUT2D eigenvalue weighted by Crippen LogP contribution is -2.20. The molecule has 0 spiro atoms. The average molecular weight is 526 g/mol. The summed E-state index contributed by atoms with van der Waals surface area (Å²) in [7, 11) is 5.03. The van der Waals surface area contributed by atoms with Crippen LogP contribution < -0.4 is 20.1 Å². The number of carbonyl (C=O) groups is 1. The third-order valence-corrected chi connectivity index (χ3v) is 5.86. The van der Waals surface area contributed by atoms with E-state index in [4.69, 9.17) is 36.3 Å². The van der Waals surface area contributed by atoms with E-state index in [0.29, 0.717) is 23.9 Å². The number of hydrogen-bond acceptors (Lipinski definition) is 9. The van der Waals surface area contributed by atoms with Gasteiger partial charge in [0.1, 0.15) is 34.1 Å². The van der Waals surface area contributed by atoms with Gasteiger partial charge in [-0.2, -0.15) is 9.61 Å². The van der Waals surface area contributed by atoms with Crippen molar-refractivity contribution in [3.8, 4) is 11.5 Å². The third kappa shape index (κ3) is 5.87. The SMILES string of the molecule is COc1ccc(N(C)c2cc(Cl)nc3c(C(=O)O[C@H](C)COCc4ccc(OC)c(N)c4)cnn23)cc1. The van der Waals surface area contributed by atoms with Crippen molar-refractivity contribution in [2.24, 2.45) is 0 Å². The quantitative estimate of drug-likeness (QED) is 0.181. The van der Waals surface area contributed by atoms with Gasteiger partial charge in [-0.25, -0.2) is 9.78 Å². The Morgan fingerprint density at radius 3 is 2.57 bits per heavy atom. The molecule has 37 heavy (non-hydrogen) atoms. The number of nitrogen functional groups attached to an aromatic ring is 1. The van der Waals surface area contributed by atoms with Crippen LogP contribution in [0, 0.1) is 0 Å². The number of esters is 1. The Labute approximate surface area is 219 Å². The number of nitrogens with two attached hydrogens (primary N) is 1. The smallest absolute Gasteiger partial charge is 0.344 e. The van der Waals surface area contributed by atoms with E-state index in [1.54, 1.807) is 43.9 Å². The van der Waals surface area contributed by atoms with Crippen LogP contribution in [0.5, 0.6) is 11.5 Å². The topological polar surface area (TPSA) is 113 Å². The minimum Gasteiger partial charge on any atom is -0.497 e. The molecule has 2 aromatic heterocycles. The van der Waals surface area contributed by atoms with Crippen molar-refractivity contribution in [3.63, 3.8) is 0 Å². The molecule has 2 aromatic carbocycles. The molecule has 0 bridgehead atoms. The minimum atomic E-state index is -0.576. The van der Waals surface area contributed by atoms with Crippen molar-refractivity contribution < 1.29 is 23.7 Å². The maximum atomic E-state index is 12.9. The number of fused-ring (bicyclic) bond motifs is 1. The number of ether oxygens (including phenoxy) is 4. The molecule has 4 rings (SSSR count). The maximum Gasteiger partial charge on any atom is 0.344 e. The van der Waals surface area contributed by atoms with Crippen LogP contribution in [0.15, 0.2) is 54.7 Å². The van der Waals surface area contributed by atoms with E-state index >= 15 is 0 Å². The number of rotatable bonds is 10. The first-order valence-electron chi connectivity index (χ1n) is 11.4. The Bertz CT molecular complexity index is 1390. The molecule has 0 unspecified atom stereocenters. The van der Waals surface area contributed by atoms with Gasteiger partial charge in [-0.05, 0) is 48.9 Å². The van der Waals surface area contributed by atoms with E-state index in [1.807, 2.05) is 42.3 Å². The zero-order valence-electron chi connectivity index (χ0n) is 21.0. The highest BCUT2D eigenvalue weighted by atomic mass is 35.5. The molecule has 0 saturated heterocycles. The summed E-state index contributed by atoms with van der Waals surface area (Å²) in [5.74, 6) is 1.39. The largest absolute Gasteiger partial charge is 0.497 e. The third-order valence-electron chi connectivity index (χ3n) is 5.67. The molecule has 11 heteroatoms. The predicted octanol–water partition coefficient (Wildman–Crippen LogP) is 4.51. The number of aromatic nitrogens is 3. The van der Waals surface area contributed by atoms with Crippen molar-refractivity contribution in [3.05, 3.63) is 71.0 Å². The zero-order valence-corrected chi connectivity index (χ0v) is 21.7. The lowest BCUT2D eigenvalue weighted by molar-refractivity contribution is -0.00151. The fourth-order valence-electron chi connectivity index (χ4n) is 3.74. The van der Waals surface area contributed by atoms with Gasteiger partial charge in [-0.3, -0.25) is 0 Å². The maximum absolute atomic E-state index is 12.9. The van der Waals surface area contributed by atoms with Crippen LogP contribution in [0.1, 0.15) is 22.8 Å². The van der Waals surface area contributed by atoms with E-state index in [1.165, 1.54) is 6.20 Å². The molecule has 2 heterocycles. The normalized spacial score (nSPS) is 11.8. The summed E-state index contributed by atoms with van der Waals surface area (Å²) in [5, 5.41) is 4.58. The molecule has 0 aliphatic rings. The number of nitrogens with zero attached hydrogens (tertiary/aromatic N) is 4. The molecule has 1 atom stereocenters. The van der Waals surface area contributed by atoms with E-state index in [-0.39, 0.29) is 23.0 Å². The van der Waals surface area contributed by atoms with E-state index in [2.05, 4.69) is 10.1 Å². The van der Waals surface area contributed by atoms with Gasteiger partial charge in [-0.15, -0.1) is 0 Å². The van der Waals surface area contributed by atoms with Crippen LogP contribution in [-0.4, -0.2) is 54.5 Å². The summed E-state index contributed by atoms with van der Waals surface area (Å²) in [6, 6.07) is 14.6. The Kier molecular flexibility index (Phi) is 8.00. The highest BCUT2D eigenvalue weighted by Crippen LogP contribution is 2.29. The van der Waals surface area contributed by atoms with Crippen molar-refractivity contribution in [2.75, 3.05) is 38.5 Å². The Balaban J connectivity index is 1.44. The van der Waals surface area contributed by atoms with Crippen LogP contribution in [0.3, 0.4) is 0 Å². The lowest BCUT2D eigenvalue weighted by atomic mass is 10.2. The predicted molar refractivity (Wildman–Crippen MR) is 141 cm³/mol. The molecule has 0 amide bonds. The van der Waals surface area contributed by atoms with Gasteiger partial charge >= 0.3 is 5.97 Å². The molecular formula is C26H28ClN5O5. The molecule has 0 radical (unpaired) electrons. The molecular weight excluding hydrogens is 498 g/mol. The molecule has 10 nitrogen and oxygen atoms in total. The molecule has 0 fully saturated rings. The number of methoxy groups -OCH3 is 2.